The van der Waals surface area contributed by atoms with Gasteiger partial charge in [-0.1, -0.05) is 134 Å². The van der Waals surface area contributed by atoms with Crippen molar-refractivity contribution in [2.45, 2.75) is 32.1 Å². The minimum absolute atomic E-state index is 0.795. The van der Waals surface area contributed by atoms with Crippen molar-refractivity contribution in [3.05, 3.63) is 216 Å². The van der Waals surface area contributed by atoms with Gasteiger partial charge in [0.2, 0.25) is 0 Å². The molecule has 1 heterocycles. The summed E-state index contributed by atoms with van der Waals surface area (Å²) in [5.74, 6) is 0. The number of thiophene rings is 1. The van der Waals surface area contributed by atoms with Crippen molar-refractivity contribution >= 4 is 93.3 Å². The van der Waals surface area contributed by atoms with Gasteiger partial charge in [-0.05, 0) is 127 Å². The highest BCUT2D eigenvalue weighted by Crippen LogP contribution is 2.47. The van der Waals surface area contributed by atoms with Crippen LogP contribution in [0.5, 0.6) is 0 Å². The van der Waals surface area contributed by atoms with Crippen molar-refractivity contribution in [1.82, 2.24) is 0 Å². The zero-order valence-corrected chi connectivity index (χ0v) is 34.7. The summed E-state index contributed by atoms with van der Waals surface area (Å²) in [6.45, 7) is 14.9. The number of nitrogens with zero attached hydrogens (tertiary/aromatic N) is 2. The third kappa shape index (κ3) is 6.89. The molecule has 0 unspecified atom stereocenters. The molecule has 282 valence electrons. The average molecular weight is 785 g/mol. The van der Waals surface area contributed by atoms with Crippen molar-refractivity contribution in [2.75, 3.05) is 9.80 Å². The summed E-state index contributed by atoms with van der Waals surface area (Å²) in [5.41, 5.74) is 10.7. The summed E-state index contributed by atoms with van der Waals surface area (Å²) in [7, 11) is 0. The highest BCUT2D eigenvalue weighted by Gasteiger charge is 2.22. The minimum atomic E-state index is 0.795. The van der Waals surface area contributed by atoms with Crippen molar-refractivity contribution < 1.29 is 0 Å². The number of anilines is 5. The van der Waals surface area contributed by atoms with Gasteiger partial charge in [-0.3, -0.25) is 0 Å². The summed E-state index contributed by atoms with van der Waals surface area (Å²) < 4.78 is 2.61. The first kappa shape index (κ1) is 37.3. The SMILES string of the molecule is C=CC(=C)Sc1ccccc1C/C=C(\C)N(c1ccccc1)c1cc2c(cc(N(c3ccccc3)c3ccc4sc5ccccc5c4c3)c3ccccc32)c(C)c1C. The summed E-state index contributed by atoms with van der Waals surface area (Å²) in [4.78, 5) is 7.02. The topological polar surface area (TPSA) is 6.48 Å². The highest BCUT2D eigenvalue weighted by atomic mass is 32.2. The molecule has 0 fully saturated rings. The van der Waals surface area contributed by atoms with E-state index >= 15 is 0 Å². The number of aryl methyl sites for hydroxylation is 1. The molecule has 9 rings (SSSR count). The third-order valence-electron chi connectivity index (χ3n) is 11.2. The van der Waals surface area contributed by atoms with E-state index in [0.717, 1.165) is 34.1 Å². The first-order chi connectivity index (χ1) is 28.4. The second-order valence-corrected chi connectivity index (χ2v) is 17.0. The average Bonchev–Trinajstić information content (AvgIpc) is 3.64. The lowest BCUT2D eigenvalue weighted by molar-refractivity contribution is 1.09. The van der Waals surface area contributed by atoms with Crippen molar-refractivity contribution in [3.63, 3.8) is 0 Å². The Bertz CT molecular complexity index is 3030. The number of hydrogen-bond acceptors (Lipinski definition) is 4. The van der Waals surface area contributed by atoms with Gasteiger partial charge in [0.05, 0.1) is 5.69 Å². The Morgan fingerprint density at radius 2 is 1.19 bits per heavy atom. The van der Waals surface area contributed by atoms with Crippen LogP contribution in [-0.4, -0.2) is 0 Å². The van der Waals surface area contributed by atoms with Crippen molar-refractivity contribution in [2.24, 2.45) is 0 Å². The predicted octanol–water partition coefficient (Wildman–Crippen LogP) is 16.5. The van der Waals surface area contributed by atoms with E-state index in [2.05, 4.69) is 214 Å². The van der Waals surface area contributed by atoms with E-state index in [-0.39, 0.29) is 0 Å². The predicted molar refractivity (Wildman–Crippen MR) is 256 cm³/mol. The van der Waals surface area contributed by atoms with Crippen LogP contribution in [0.2, 0.25) is 0 Å². The maximum atomic E-state index is 4.16. The number of para-hydroxylation sites is 2. The molecule has 4 heteroatoms. The first-order valence-corrected chi connectivity index (χ1v) is 21.3. The van der Waals surface area contributed by atoms with Gasteiger partial charge in [-0.15, -0.1) is 11.3 Å². The summed E-state index contributed by atoms with van der Waals surface area (Å²) in [6, 6.07) is 59.6. The van der Waals surface area contributed by atoms with Gasteiger partial charge in [-0.25, -0.2) is 0 Å². The molecule has 0 saturated heterocycles. The molecule has 0 aliphatic rings. The number of rotatable bonds is 11. The van der Waals surface area contributed by atoms with Crippen LogP contribution in [0.25, 0.3) is 41.7 Å². The molecule has 2 nitrogen and oxygen atoms in total. The van der Waals surface area contributed by atoms with E-state index in [1.54, 1.807) is 11.8 Å². The highest BCUT2D eigenvalue weighted by molar-refractivity contribution is 8.03. The van der Waals surface area contributed by atoms with Crippen LogP contribution in [0, 0.1) is 13.8 Å². The maximum Gasteiger partial charge on any atom is 0.0546 e. The van der Waals surface area contributed by atoms with Crippen LogP contribution in [0.3, 0.4) is 0 Å². The summed E-state index contributed by atoms with van der Waals surface area (Å²) in [5, 5.41) is 7.51. The second-order valence-electron chi connectivity index (χ2n) is 14.7. The Morgan fingerprint density at radius 1 is 0.569 bits per heavy atom. The summed E-state index contributed by atoms with van der Waals surface area (Å²) in [6.07, 6.45) is 4.97. The van der Waals surface area contributed by atoms with Crippen LogP contribution in [0.15, 0.2) is 205 Å². The molecule has 0 saturated carbocycles. The third-order valence-corrected chi connectivity index (χ3v) is 13.4. The van der Waals surface area contributed by atoms with Gasteiger partial charge in [0.25, 0.3) is 0 Å². The van der Waals surface area contributed by atoms with E-state index in [1.165, 1.54) is 74.7 Å². The van der Waals surface area contributed by atoms with Crippen molar-refractivity contribution in [3.8, 4) is 0 Å². The number of allylic oxidation sites excluding steroid dienone is 3. The van der Waals surface area contributed by atoms with E-state index in [4.69, 9.17) is 0 Å². The second kappa shape index (κ2) is 15.9. The van der Waals surface area contributed by atoms with Gasteiger partial charge in [0.15, 0.2) is 0 Å². The molecule has 58 heavy (non-hydrogen) atoms. The molecule has 8 aromatic carbocycles. The van der Waals surface area contributed by atoms with Gasteiger partial charge < -0.3 is 9.80 Å². The summed E-state index contributed by atoms with van der Waals surface area (Å²) >= 11 is 3.53. The number of thioether (sulfide) groups is 1. The Hall–Kier alpha value is -6.33. The van der Waals surface area contributed by atoms with Crippen LogP contribution in [0.4, 0.5) is 28.4 Å². The standard InChI is InChI=1S/C54H44N2S2/c1-6-37(3)57-52-27-17-13-19-40(52)30-29-36(2)55(41-20-9-7-10-21-41)50-35-48-44-24-14-15-25-45(44)51(34-47(48)38(4)39(50)5)56(42-22-11-8-12-23-42)43-31-32-54-49(33-43)46-26-16-18-28-53(46)58-54/h6-29,31-35H,1,3,30H2,2,4-5H3/b36-29+. The number of benzene rings is 8. The lowest BCUT2D eigenvalue weighted by Crippen LogP contribution is -2.16. The fourth-order valence-corrected chi connectivity index (χ4v) is 10.1. The fraction of sp³-hybridized carbons (Fsp3) is 0.0741. The molecular weight excluding hydrogens is 741 g/mol. The van der Waals surface area contributed by atoms with E-state index in [9.17, 15) is 0 Å². The van der Waals surface area contributed by atoms with E-state index in [0.29, 0.717) is 0 Å². The minimum Gasteiger partial charge on any atom is -0.315 e. The van der Waals surface area contributed by atoms with Gasteiger partial charge >= 0.3 is 0 Å². The van der Waals surface area contributed by atoms with Crippen molar-refractivity contribution in [1.29, 1.82) is 0 Å². The van der Waals surface area contributed by atoms with Crippen LogP contribution in [0.1, 0.15) is 23.6 Å². The quantitative estimate of drug-likeness (QED) is 0.0733. The largest absolute Gasteiger partial charge is 0.315 e. The molecule has 0 aliphatic carbocycles. The molecular formula is C54H44N2S2. The zero-order chi connectivity index (χ0) is 39.8. The lowest BCUT2D eigenvalue weighted by Gasteiger charge is -2.31. The molecule has 1 aromatic heterocycles. The van der Waals surface area contributed by atoms with Gasteiger partial charge in [0.1, 0.15) is 0 Å². The Kier molecular flexibility index (Phi) is 10.2. The molecule has 0 atom stereocenters. The number of hydrogen-bond donors (Lipinski definition) is 0. The molecule has 9 aromatic rings. The van der Waals surface area contributed by atoms with Crippen LogP contribution < -0.4 is 9.80 Å². The molecule has 0 spiro atoms. The molecule has 0 N–H and O–H groups in total. The molecule has 0 radical (unpaired) electrons. The van der Waals surface area contributed by atoms with Crippen LogP contribution in [-0.2, 0) is 6.42 Å². The van der Waals surface area contributed by atoms with E-state index < -0.39 is 0 Å². The number of fused-ring (bicyclic) bond motifs is 6. The monoisotopic (exact) mass is 784 g/mol. The van der Waals surface area contributed by atoms with E-state index in [1.807, 2.05) is 17.4 Å². The Morgan fingerprint density at radius 3 is 1.95 bits per heavy atom. The zero-order valence-electron chi connectivity index (χ0n) is 33.1. The molecule has 0 amide bonds. The molecule has 0 bridgehead atoms. The smallest absolute Gasteiger partial charge is 0.0546 e. The fourth-order valence-electron chi connectivity index (χ4n) is 8.17. The maximum absolute atomic E-state index is 4.16. The lowest BCUT2D eigenvalue weighted by atomic mass is 9.92. The first-order valence-electron chi connectivity index (χ1n) is 19.7. The normalized spacial score (nSPS) is 11.7. The molecule has 0 aliphatic heterocycles. The van der Waals surface area contributed by atoms with Gasteiger partial charge in [-0.2, -0.15) is 0 Å². The van der Waals surface area contributed by atoms with Crippen LogP contribution >= 0.6 is 23.1 Å². The van der Waals surface area contributed by atoms with Gasteiger partial charge in [0, 0.05) is 63.8 Å². The Balaban J connectivity index is 1.22. The Labute approximate surface area is 349 Å².